The van der Waals surface area contributed by atoms with E-state index in [0.29, 0.717) is 31.7 Å². The van der Waals surface area contributed by atoms with E-state index in [4.69, 9.17) is 10.00 Å². The molecule has 1 heterocycles. The Morgan fingerprint density at radius 2 is 2.25 bits per heavy atom. The number of anilines is 1. The lowest BCUT2D eigenvalue weighted by Crippen LogP contribution is -2.30. The third kappa shape index (κ3) is 1.98. The average Bonchev–Trinajstić information content (AvgIpc) is 2.46. The number of ether oxygens (including phenoxy) is 1. The molecule has 0 radical (unpaired) electrons. The van der Waals surface area contributed by atoms with Crippen molar-refractivity contribution in [3.63, 3.8) is 0 Å². The Balaban J connectivity index is 2.33. The van der Waals surface area contributed by atoms with Crippen LogP contribution in [0.5, 0.6) is 5.75 Å². The van der Waals surface area contributed by atoms with Crippen LogP contribution in [0, 0.1) is 11.3 Å². The molecule has 0 spiro atoms. The highest BCUT2D eigenvalue weighted by Crippen LogP contribution is 2.30. The number of para-hydroxylation sites is 2. The van der Waals surface area contributed by atoms with Gasteiger partial charge < -0.3 is 9.64 Å². The van der Waals surface area contributed by atoms with Crippen molar-refractivity contribution in [1.29, 1.82) is 5.26 Å². The zero-order valence-corrected chi connectivity index (χ0v) is 8.85. The maximum atomic E-state index is 11.8. The lowest BCUT2D eigenvalue weighted by Gasteiger charge is -2.20. The fourth-order valence-corrected chi connectivity index (χ4v) is 1.73. The largest absolute Gasteiger partial charge is 0.491 e. The van der Waals surface area contributed by atoms with Crippen LogP contribution in [0.3, 0.4) is 0 Å². The van der Waals surface area contributed by atoms with Gasteiger partial charge in [0.05, 0.1) is 31.2 Å². The Hall–Kier alpha value is -2.02. The number of fused-ring (bicyclic) bond motifs is 1. The highest BCUT2D eigenvalue weighted by Gasteiger charge is 2.22. The van der Waals surface area contributed by atoms with E-state index in [1.165, 1.54) is 0 Å². The summed E-state index contributed by atoms with van der Waals surface area (Å²) < 4.78 is 5.48. The molecule has 0 fully saturated rings. The van der Waals surface area contributed by atoms with Crippen LogP contribution < -0.4 is 9.64 Å². The Labute approximate surface area is 94.0 Å². The number of carbonyl (C=O) groups is 1. The Morgan fingerprint density at radius 3 is 3.06 bits per heavy atom. The first-order chi connectivity index (χ1) is 7.83. The second kappa shape index (κ2) is 4.67. The van der Waals surface area contributed by atoms with E-state index in [1.807, 2.05) is 24.3 Å². The van der Waals surface area contributed by atoms with Gasteiger partial charge in [-0.15, -0.1) is 0 Å². The summed E-state index contributed by atoms with van der Waals surface area (Å²) in [5.41, 5.74) is 0.764. The molecule has 0 unspecified atom stereocenters. The Kier molecular flexibility index (Phi) is 3.06. The topological polar surface area (TPSA) is 53.3 Å². The minimum Gasteiger partial charge on any atom is -0.491 e. The SMILES string of the molecule is N#CCCN1C(=O)CCOc2ccccc21. The van der Waals surface area contributed by atoms with Crippen LogP contribution in [0.1, 0.15) is 12.8 Å². The molecule has 1 aromatic rings. The van der Waals surface area contributed by atoms with E-state index >= 15 is 0 Å². The quantitative estimate of drug-likeness (QED) is 0.756. The number of hydrogen-bond donors (Lipinski definition) is 0. The summed E-state index contributed by atoms with van der Waals surface area (Å²) in [7, 11) is 0. The molecule has 0 aliphatic carbocycles. The molecule has 4 heteroatoms. The van der Waals surface area contributed by atoms with Crippen LogP contribution in [0.2, 0.25) is 0 Å². The summed E-state index contributed by atoms with van der Waals surface area (Å²) in [5.74, 6) is 0.728. The minimum absolute atomic E-state index is 0.0141. The van der Waals surface area contributed by atoms with Gasteiger partial charge in [0.2, 0.25) is 5.91 Å². The molecular weight excluding hydrogens is 204 g/mol. The molecule has 0 N–H and O–H groups in total. The first-order valence-corrected chi connectivity index (χ1v) is 5.22. The number of nitrogens with zero attached hydrogens (tertiary/aromatic N) is 2. The fourth-order valence-electron chi connectivity index (χ4n) is 1.73. The van der Waals surface area contributed by atoms with E-state index in [2.05, 4.69) is 6.07 Å². The maximum absolute atomic E-state index is 11.8. The van der Waals surface area contributed by atoms with Gasteiger partial charge in [-0.1, -0.05) is 12.1 Å². The van der Waals surface area contributed by atoms with Crippen LogP contribution in [0.4, 0.5) is 5.69 Å². The fraction of sp³-hybridized carbons (Fsp3) is 0.333. The van der Waals surface area contributed by atoms with E-state index in [0.717, 1.165) is 5.69 Å². The number of nitriles is 1. The maximum Gasteiger partial charge on any atom is 0.230 e. The van der Waals surface area contributed by atoms with E-state index in [1.54, 1.807) is 4.90 Å². The molecule has 4 nitrogen and oxygen atoms in total. The summed E-state index contributed by atoms with van der Waals surface area (Å²) >= 11 is 0. The second-order valence-corrected chi connectivity index (χ2v) is 3.52. The monoisotopic (exact) mass is 216 g/mol. The van der Waals surface area contributed by atoms with Gasteiger partial charge >= 0.3 is 0 Å². The van der Waals surface area contributed by atoms with Gasteiger partial charge in [0, 0.05) is 6.54 Å². The van der Waals surface area contributed by atoms with Crippen molar-refractivity contribution >= 4 is 11.6 Å². The zero-order chi connectivity index (χ0) is 11.4. The molecule has 1 aliphatic heterocycles. The van der Waals surface area contributed by atoms with Gasteiger partial charge in [-0.05, 0) is 12.1 Å². The van der Waals surface area contributed by atoms with E-state index in [9.17, 15) is 4.79 Å². The van der Waals surface area contributed by atoms with Gasteiger partial charge in [-0.25, -0.2) is 0 Å². The lowest BCUT2D eigenvalue weighted by atomic mass is 10.2. The lowest BCUT2D eigenvalue weighted by molar-refractivity contribution is -0.118. The van der Waals surface area contributed by atoms with Crippen LogP contribution in [0.15, 0.2) is 24.3 Å². The van der Waals surface area contributed by atoms with Crippen molar-refractivity contribution in [2.75, 3.05) is 18.1 Å². The molecule has 1 amide bonds. The smallest absolute Gasteiger partial charge is 0.230 e. The van der Waals surface area contributed by atoms with E-state index < -0.39 is 0 Å². The predicted octanol–water partition coefficient (Wildman–Crippen LogP) is 1.72. The molecule has 82 valence electrons. The standard InChI is InChI=1S/C12H12N2O2/c13-7-3-8-14-10-4-1-2-5-11(10)16-9-6-12(14)15/h1-2,4-5H,3,6,8-9H2. The van der Waals surface area contributed by atoms with Gasteiger partial charge in [-0.2, -0.15) is 5.26 Å². The molecule has 1 aromatic carbocycles. The van der Waals surface area contributed by atoms with Gasteiger partial charge in [0.25, 0.3) is 0 Å². The predicted molar refractivity (Wildman–Crippen MR) is 59.1 cm³/mol. The molecule has 0 aromatic heterocycles. The van der Waals surface area contributed by atoms with Gasteiger partial charge in [0.1, 0.15) is 5.75 Å². The van der Waals surface area contributed by atoms with Crippen molar-refractivity contribution in [2.24, 2.45) is 0 Å². The molecule has 0 atom stereocenters. The van der Waals surface area contributed by atoms with Crippen molar-refractivity contribution < 1.29 is 9.53 Å². The molecule has 1 aliphatic rings. The molecule has 2 rings (SSSR count). The molecule has 0 saturated heterocycles. The normalized spacial score (nSPS) is 14.7. The molecule has 0 bridgehead atoms. The summed E-state index contributed by atoms with van der Waals surface area (Å²) in [6.07, 6.45) is 0.695. The third-order valence-electron chi connectivity index (χ3n) is 2.48. The number of benzene rings is 1. The highest BCUT2D eigenvalue weighted by atomic mass is 16.5. The van der Waals surface area contributed by atoms with Crippen LogP contribution in [-0.4, -0.2) is 19.1 Å². The van der Waals surface area contributed by atoms with Crippen LogP contribution in [0.25, 0.3) is 0 Å². The number of amides is 1. The zero-order valence-electron chi connectivity index (χ0n) is 8.85. The number of carbonyl (C=O) groups excluding carboxylic acids is 1. The van der Waals surface area contributed by atoms with E-state index in [-0.39, 0.29) is 5.91 Å². The molecule has 16 heavy (non-hydrogen) atoms. The van der Waals surface area contributed by atoms with Crippen molar-refractivity contribution in [1.82, 2.24) is 0 Å². The molecule has 0 saturated carbocycles. The Bertz CT molecular complexity index is 437. The van der Waals surface area contributed by atoms with Crippen LogP contribution in [-0.2, 0) is 4.79 Å². The van der Waals surface area contributed by atoms with Gasteiger partial charge in [-0.3, -0.25) is 4.79 Å². The summed E-state index contributed by atoms with van der Waals surface area (Å²) in [4.78, 5) is 13.4. The molecular formula is C12H12N2O2. The second-order valence-electron chi connectivity index (χ2n) is 3.52. The first-order valence-electron chi connectivity index (χ1n) is 5.22. The average molecular weight is 216 g/mol. The first kappa shape index (κ1) is 10.5. The van der Waals surface area contributed by atoms with Crippen molar-refractivity contribution in [2.45, 2.75) is 12.8 Å². The van der Waals surface area contributed by atoms with Gasteiger partial charge in [0.15, 0.2) is 0 Å². The number of rotatable bonds is 2. The number of hydrogen-bond acceptors (Lipinski definition) is 3. The van der Waals surface area contributed by atoms with Crippen molar-refractivity contribution in [3.05, 3.63) is 24.3 Å². The third-order valence-corrected chi connectivity index (χ3v) is 2.48. The summed E-state index contributed by atoms with van der Waals surface area (Å²) in [5, 5.41) is 8.58. The Morgan fingerprint density at radius 1 is 1.44 bits per heavy atom. The highest BCUT2D eigenvalue weighted by molar-refractivity contribution is 5.95. The minimum atomic E-state index is 0.0141. The van der Waals surface area contributed by atoms with Crippen LogP contribution >= 0.6 is 0 Å². The van der Waals surface area contributed by atoms with Crippen molar-refractivity contribution in [3.8, 4) is 11.8 Å². The summed E-state index contributed by atoms with van der Waals surface area (Å²) in [6, 6.07) is 9.47. The summed E-state index contributed by atoms with van der Waals surface area (Å²) in [6.45, 7) is 0.828.